The monoisotopic (exact) mass is 468 g/mol. The van der Waals surface area contributed by atoms with Crippen LogP contribution < -0.4 is 20.5 Å². The highest BCUT2D eigenvalue weighted by atomic mass is 32.2. The van der Waals surface area contributed by atoms with Gasteiger partial charge in [0.25, 0.3) is 0 Å². The summed E-state index contributed by atoms with van der Waals surface area (Å²) in [5.41, 5.74) is 2.72. The molecule has 2 aliphatic rings. The van der Waals surface area contributed by atoms with Crippen LogP contribution in [0.4, 0.5) is 5.69 Å². The van der Waals surface area contributed by atoms with E-state index in [1.807, 2.05) is 0 Å². The van der Waals surface area contributed by atoms with Crippen LogP contribution >= 0.6 is 11.8 Å². The lowest BCUT2D eigenvalue weighted by Gasteiger charge is -2.16. The Balaban J connectivity index is 1.30. The van der Waals surface area contributed by atoms with E-state index in [2.05, 4.69) is 10.3 Å². The second kappa shape index (κ2) is 8.36. The molecule has 33 heavy (non-hydrogen) atoms. The highest BCUT2D eigenvalue weighted by Crippen LogP contribution is 2.39. The average molecular weight is 468 g/mol. The molecule has 2 aromatic carbocycles. The number of carbonyl (C=O) groups is 2. The van der Waals surface area contributed by atoms with Crippen molar-refractivity contribution in [1.82, 2.24) is 4.98 Å². The number of benzene rings is 2. The quantitative estimate of drug-likeness (QED) is 0.533. The molecular weight excluding hydrogens is 448 g/mol. The lowest BCUT2D eigenvalue weighted by Crippen LogP contribution is -2.28. The fourth-order valence-corrected chi connectivity index (χ4v) is 5.10. The van der Waals surface area contributed by atoms with Crippen LogP contribution in [0.1, 0.15) is 34.2 Å². The fourth-order valence-electron chi connectivity index (χ4n) is 3.90. The number of aromatic nitrogens is 1. The maximum absolute atomic E-state index is 13.1. The second-order valence-corrected chi connectivity index (χ2v) is 9.40. The molecule has 0 aliphatic carbocycles. The third-order valence-electron chi connectivity index (χ3n) is 5.59. The normalized spacial score (nSPS) is 19.1. The molecule has 0 spiro atoms. The van der Waals surface area contributed by atoms with Crippen molar-refractivity contribution in [3.05, 3.63) is 69.4 Å². The van der Waals surface area contributed by atoms with Gasteiger partial charge in [-0.3, -0.25) is 14.6 Å². The molecule has 0 saturated carbocycles. The number of hydrogen-bond donors (Lipinski definition) is 3. The molecule has 9 nitrogen and oxygen atoms in total. The number of H-pyrrole nitrogens is 1. The minimum Gasteiger partial charge on any atom is -0.492 e. The molecule has 10 heteroatoms. The van der Waals surface area contributed by atoms with Crippen molar-refractivity contribution < 1.29 is 28.6 Å². The standard InChI is InChI=1S/C23H20N2O7S/c1-11-20(26)15-9-17-16(30-10-31-17)7-13(15)8-19(33-11)22(28)24-14-4-2-12(3-5-14)6-18-21(27)25-23(29)32-18/h2-5,7,9,11,19,27H,6,8,10H2,1H3,(H,24,28)(H,25,29). The molecule has 1 amide bonds. The van der Waals surface area contributed by atoms with E-state index in [1.165, 1.54) is 11.8 Å². The Bertz CT molecular complexity index is 1300. The van der Waals surface area contributed by atoms with Crippen LogP contribution in [0, 0.1) is 0 Å². The number of hydrogen-bond acceptors (Lipinski definition) is 8. The molecule has 0 saturated heterocycles. The maximum Gasteiger partial charge on any atom is 0.419 e. The van der Waals surface area contributed by atoms with Gasteiger partial charge in [-0.15, -0.1) is 11.8 Å². The number of anilines is 1. The SMILES string of the molecule is CC1SC(C(=O)Nc2ccc(Cc3oc(=O)[nH]c3O)cc2)Cc2cc3c(cc2C1=O)OCO3. The van der Waals surface area contributed by atoms with Gasteiger partial charge in [-0.2, -0.15) is 0 Å². The average Bonchev–Trinajstić information content (AvgIpc) is 3.34. The molecule has 2 atom stereocenters. The van der Waals surface area contributed by atoms with Crippen molar-refractivity contribution in [2.24, 2.45) is 0 Å². The van der Waals surface area contributed by atoms with Crippen LogP contribution in [-0.2, 0) is 17.6 Å². The van der Waals surface area contributed by atoms with Crippen LogP contribution in [0.2, 0.25) is 0 Å². The molecule has 1 aromatic heterocycles. The fraction of sp³-hybridized carbons (Fsp3) is 0.261. The predicted molar refractivity (Wildman–Crippen MR) is 120 cm³/mol. The summed E-state index contributed by atoms with van der Waals surface area (Å²) >= 11 is 1.33. The second-order valence-electron chi connectivity index (χ2n) is 7.85. The van der Waals surface area contributed by atoms with Crippen LogP contribution in [0.3, 0.4) is 0 Å². The van der Waals surface area contributed by atoms with E-state index in [-0.39, 0.29) is 41.8 Å². The first kappa shape index (κ1) is 21.2. The molecule has 170 valence electrons. The summed E-state index contributed by atoms with van der Waals surface area (Å²) in [6.07, 6.45) is 0.617. The minimum absolute atomic E-state index is 0.0346. The van der Waals surface area contributed by atoms with E-state index in [1.54, 1.807) is 43.3 Å². The molecule has 5 rings (SSSR count). The van der Waals surface area contributed by atoms with Crippen molar-refractivity contribution in [2.75, 3.05) is 12.1 Å². The number of amides is 1. The third-order valence-corrected chi connectivity index (χ3v) is 6.92. The molecule has 3 heterocycles. The summed E-state index contributed by atoms with van der Waals surface area (Å²) < 4.78 is 15.7. The summed E-state index contributed by atoms with van der Waals surface area (Å²) in [4.78, 5) is 39.3. The number of rotatable bonds is 4. The first-order valence-electron chi connectivity index (χ1n) is 10.3. The Kier molecular flexibility index (Phi) is 5.37. The largest absolute Gasteiger partial charge is 0.492 e. The number of fused-ring (bicyclic) bond motifs is 2. The number of ketones is 1. The predicted octanol–water partition coefficient (Wildman–Crippen LogP) is 2.86. The topological polar surface area (TPSA) is 131 Å². The molecule has 2 aliphatic heterocycles. The number of Topliss-reactive ketones (excluding diaryl/α,β-unsaturated/α-hetero) is 1. The maximum atomic E-state index is 13.1. The van der Waals surface area contributed by atoms with Gasteiger partial charge < -0.3 is 24.3 Å². The van der Waals surface area contributed by atoms with Crippen LogP contribution in [0.5, 0.6) is 17.4 Å². The van der Waals surface area contributed by atoms with Gasteiger partial charge in [0.05, 0.1) is 10.5 Å². The van der Waals surface area contributed by atoms with E-state index in [9.17, 15) is 19.5 Å². The molecular formula is C23H20N2O7S. The van der Waals surface area contributed by atoms with Crippen molar-refractivity contribution in [3.63, 3.8) is 0 Å². The summed E-state index contributed by atoms with van der Waals surface area (Å²) in [5.74, 6) is 0.0271. The summed E-state index contributed by atoms with van der Waals surface area (Å²) in [6.45, 7) is 1.92. The van der Waals surface area contributed by atoms with Crippen molar-refractivity contribution in [1.29, 1.82) is 0 Å². The van der Waals surface area contributed by atoms with E-state index >= 15 is 0 Å². The Morgan fingerprint density at radius 1 is 1.18 bits per heavy atom. The van der Waals surface area contributed by atoms with Crippen LogP contribution in [-0.4, -0.2) is 39.1 Å². The zero-order chi connectivity index (χ0) is 23.1. The van der Waals surface area contributed by atoms with Gasteiger partial charge >= 0.3 is 5.76 Å². The zero-order valence-corrected chi connectivity index (χ0v) is 18.4. The van der Waals surface area contributed by atoms with Gasteiger partial charge in [0.2, 0.25) is 18.6 Å². The van der Waals surface area contributed by atoms with Crippen LogP contribution in [0.15, 0.2) is 45.6 Å². The van der Waals surface area contributed by atoms with Gasteiger partial charge in [-0.25, -0.2) is 4.79 Å². The van der Waals surface area contributed by atoms with E-state index in [4.69, 9.17) is 13.9 Å². The Morgan fingerprint density at radius 2 is 1.91 bits per heavy atom. The van der Waals surface area contributed by atoms with Gasteiger partial charge in [-0.05, 0) is 48.7 Å². The van der Waals surface area contributed by atoms with Gasteiger partial charge in [0.15, 0.2) is 23.0 Å². The van der Waals surface area contributed by atoms with Crippen molar-refractivity contribution in [2.45, 2.75) is 30.3 Å². The lowest BCUT2D eigenvalue weighted by molar-refractivity contribution is -0.115. The third kappa shape index (κ3) is 4.21. The first-order valence-corrected chi connectivity index (χ1v) is 11.2. The number of ether oxygens (including phenoxy) is 2. The van der Waals surface area contributed by atoms with Crippen LogP contribution in [0.25, 0.3) is 0 Å². The van der Waals surface area contributed by atoms with Crippen molar-refractivity contribution >= 4 is 29.1 Å². The highest BCUT2D eigenvalue weighted by Gasteiger charge is 2.33. The van der Waals surface area contributed by atoms with E-state index in [0.717, 1.165) is 11.1 Å². The summed E-state index contributed by atoms with van der Waals surface area (Å²) in [6, 6.07) is 10.5. The zero-order valence-electron chi connectivity index (χ0n) is 17.5. The van der Waals surface area contributed by atoms with E-state index in [0.29, 0.717) is 29.2 Å². The number of thioether (sulfide) groups is 1. The smallest absolute Gasteiger partial charge is 0.419 e. The molecule has 0 fully saturated rings. The van der Waals surface area contributed by atoms with Crippen molar-refractivity contribution in [3.8, 4) is 17.4 Å². The number of aromatic hydroxyl groups is 1. The molecule has 2 unspecified atom stereocenters. The molecule has 0 bridgehead atoms. The summed E-state index contributed by atoms with van der Waals surface area (Å²) in [7, 11) is 0. The van der Waals surface area contributed by atoms with E-state index < -0.39 is 11.0 Å². The minimum atomic E-state index is -0.717. The van der Waals surface area contributed by atoms with Gasteiger partial charge in [0, 0.05) is 17.7 Å². The molecule has 3 N–H and O–H groups in total. The molecule has 0 radical (unpaired) electrons. The Labute approximate surface area is 192 Å². The molecule has 3 aromatic rings. The highest BCUT2D eigenvalue weighted by molar-refractivity contribution is 8.01. The Morgan fingerprint density at radius 3 is 2.61 bits per heavy atom. The number of oxazole rings is 1. The first-order chi connectivity index (χ1) is 15.9. The lowest BCUT2D eigenvalue weighted by atomic mass is 9.97. The number of carbonyl (C=O) groups excluding carboxylic acids is 2. The summed E-state index contributed by atoms with van der Waals surface area (Å²) in [5, 5.41) is 11.7. The number of aromatic amines is 1. The number of nitrogens with one attached hydrogen (secondary N) is 2. The Hall–Kier alpha value is -3.66. The van der Waals surface area contributed by atoms with Gasteiger partial charge in [0.1, 0.15) is 0 Å². The van der Waals surface area contributed by atoms with Gasteiger partial charge in [-0.1, -0.05) is 12.1 Å².